The van der Waals surface area contributed by atoms with Crippen LogP contribution in [0.2, 0.25) is 0 Å². The van der Waals surface area contributed by atoms with Gasteiger partial charge in [-0.15, -0.1) is 0 Å². The van der Waals surface area contributed by atoms with E-state index in [1.54, 1.807) is 0 Å². The Bertz CT molecular complexity index is 524. The molecule has 0 spiro atoms. The van der Waals surface area contributed by atoms with Crippen molar-refractivity contribution in [1.29, 1.82) is 0 Å². The van der Waals surface area contributed by atoms with E-state index >= 15 is 0 Å². The van der Waals surface area contributed by atoms with Crippen molar-refractivity contribution >= 4 is 11.5 Å². The highest BCUT2D eigenvalue weighted by molar-refractivity contribution is 6.00. The number of nitrogens with one attached hydrogen (secondary N) is 2. The molecular weight excluding hydrogens is 264 g/mol. The lowest BCUT2D eigenvalue weighted by Crippen LogP contribution is -2.38. The van der Waals surface area contributed by atoms with Gasteiger partial charge in [0.15, 0.2) is 5.78 Å². The van der Waals surface area contributed by atoms with E-state index < -0.39 is 0 Å². The maximum atomic E-state index is 12.5. The van der Waals surface area contributed by atoms with Crippen molar-refractivity contribution in [2.45, 2.75) is 51.3 Å². The average molecular weight is 288 g/mol. The van der Waals surface area contributed by atoms with E-state index in [4.69, 9.17) is 4.74 Å². The minimum atomic E-state index is -0.168. The van der Waals surface area contributed by atoms with Crippen molar-refractivity contribution < 1.29 is 9.53 Å². The van der Waals surface area contributed by atoms with E-state index in [0.29, 0.717) is 6.04 Å². The summed E-state index contributed by atoms with van der Waals surface area (Å²) in [6, 6.07) is 6.28. The van der Waals surface area contributed by atoms with Crippen LogP contribution in [0.4, 0.5) is 5.69 Å². The zero-order valence-corrected chi connectivity index (χ0v) is 12.8. The molecule has 3 unspecified atom stereocenters. The number of anilines is 1. The summed E-state index contributed by atoms with van der Waals surface area (Å²) in [6.07, 6.45) is 3.49. The van der Waals surface area contributed by atoms with Crippen LogP contribution in [0.25, 0.3) is 0 Å². The number of hydrogen-bond donors (Lipinski definition) is 2. The van der Waals surface area contributed by atoms with Gasteiger partial charge in [-0.05, 0) is 56.9 Å². The molecule has 4 nitrogen and oxygen atoms in total. The molecule has 4 heteroatoms. The third-order valence-electron chi connectivity index (χ3n) is 4.39. The maximum Gasteiger partial charge on any atom is 0.179 e. The van der Waals surface area contributed by atoms with E-state index in [0.717, 1.165) is 38.0 Å². The average Bonchev–Trinajstić information content (AvgIpc) is 3.10. The number of ether oxygens (including phenoxy) is 1. The molecule has 1 saturated heterocycles. The van der Waals surface area contributed by atoms with Crippen LogP contribution in [0.5, 0.6) is 0 Å². The van der Waals surface area contributed by atoms with Crippen LogP contribution < -0.4 is 10.6 Å². The lowest BCUT2D eigenvalue weighted by Gasteiger charge is -2.16. The van der Waals surface area contributed by atoms with Gasteiger partial charge in [0.05, 0.1) is 12.1 Å². The van der Waals surface area contributed by atoms with Gasteiger partial charge in [-0.2, -0.15) is 0 Å². The zero-order valence-electron chi connectivity index (χ0n) is 12.8. The highest BCUT2D eigenvalue weighted by Crippen LogP contribution is 2.27. The first kappa shape index (κ1) is 14.5. The Morgan fingerprint density at radius 1 is 1.52 bits per heavy atom. The third kappa shape index (κ3) is 3.27. The number of rotatable bonds is 5. The Hall–Kier alpha value is -1.39. The molecule has 0 radical (unpaired) electrons. The van der Waals surface area contributed by atoms with E-state index in [2.05, 4.69) is 17.6 Å². The standard InChI is InChI=1S/C17H24N2O2/c1-11-8-14-9-13(5-6-16(14)19-11)17(20)12(2)18-10-15-4-3-7-21-15/h5-6,9,11-12,15,18-19H,3-4,7-8,10H2,1-2H3. The molecule has 3 atom stereocenters. The van der Waals surface area contributed by atoms with Gasteiger partial charge in [0, 0.05) is 30.4 Å². The first-order chi connectivity index (χ1) is 10.1. The number of carbonyl (C=O) groups is 1. The predicted molar refractivity (Wildman–Crippen MR) is 84.0 cm³/mol. The molecule has 2 aliphatic rings. The molecule has 114 valence electrons. The number of carbonyl (C=O) groups excluding carboxylic acids is 1. The van der Waals surface area contributed by atoms with Crippen LogP contribution in [0.15, 0.2) is 18.2 Å². The van der Waals surface area contributed by atoms with Crippen molar-refractivity contribution in [1.82, 2.24) is 5.32 Å². The first-order valence-corrected chi connectivity index (χ1v) is 7.92. The molecule has 0 amide bonds. The second-order valence-corrected chi connectivity index (χ2v) is 6.25. The molecule has 2 N–H and O–H groups in total. The van der Waals surface area contributed by atoms with Crippen LogP contribution in [-0.4, -0.2) is 37.1 Å². The topological polar surface area (TPSA) is 50.4 Å². The van der Waals surface area contributed by atoms with Gasteiger partial charge < -0.3 is 15.4 Å². The van der Waals surface area contributed by atoms with Gasteiger partial charge in [0.1, 0.15) is 0 Å². The number of hydrogen-bond acceptors (Lipinski definition) is 4. The number of benzene rings is 1. The van der Waals surface area contributed by atoms with Crippen LogP contribution in [0.3, 0.4) is 0 Å². The van der Waals surface area contributed by atoms with E-state index in [9.17, 15) is 4.79 Å². The molecule has 0 saturated carbocycles. The van der Waals surface area contributed by atoms with Crippen molar-refractivity contribution in [3.63, 3.8) is 0 Å². The largest absolute Gasteiger partial charge is 0.382 e. The monoisotopic (exact) mass is 288 g/mol. The SMILES string of the molecule is CC1Cc2cc(C(=O)C(C)NCC3CCCO3)ccc2N1. The summed E-state index contributed by atoms with van der Waals surface area (Å²) in [5.74, 6) is 0.162. The van der Waals surface area contributed by atoms with Crippen molar-refractivity contribution in [2.75, 3.05) is 18.5 Å². The van der Waals surface area contributed by atoms with Crippen LogP contribution >= 0.6 is 0 Å². The smallest absolute Gasteiger partial charge is 0.179 e. The summed E-state index contributed by atoms with van der Waals surface area (Å²) in [5.41, 5.74) is 3.22. The molecule has 0 aliphatic carbocycles. The number of Topliss-reactive ketones (excluding diaryl/α,β-unsaturated/α-hetero) is 1. The summed E-state index contributed by atoms with van der Waals surface area (Å²) < 4.78 is 5.58. The van der Waals surface area contributed by atoms with Gasteiger partial charge in [-0.25, -0.2) is 0 Å². The highest BCUT2D eigenvalue weighted by atomic mass is 16.5. The van der Waals surface area contributed by atoms with Crippen LogP contribution in [0, 0.1) is 0 Å². The Balaban J connectivity index is 1.60. The second-order valence-electron chi connectivity index (χ2n) is 6.25. The predicted octanol–water partition coefficient (Wildman–Crippen LogP) is 2.38. The lowest BCUT2D eigenvalue weighted by atomic mass is 10.0. The fourth-order valence-corrected chi connectivity index (χ4v) is 3.16. The Kier molecular flexibility index (Phi) is 4.27. The van der Waals surface area contributed by atoms with Crippen LogP contribution in [-0.2, 0) is 11.2 Å². The zero-order chi connectivity index (χ0) is 14.8. The molecule has 0 bridgehead atoms. The van der Waals surface area contributed by atoms with Gasteiger partial charge in [-0.3, -0.25) is 4.79 Å². The van der Waals surface area contributed by atoms with Gasteiger partial charge in [0.25, 0.3) is 0 Å². The summed E-state index contributed by atoms with van der Waals surface area (Å²) >= 11 is 0. The molecule has 2 aliphatic heterocycles. The molecule has 3 rings (SSSR count). The van der Waals surface area contributed by atoms with Gasteiger partial charge in [0.2, 0.25) is 0 Å². The maximum absolute atomic E-state index is 12.5. The summed E-state index contributed by atoms with van der Waals surface area (Å²) in [6.45, 7) is 5.71. The fourth-order valence-electron chi connectivity index (χ4n) is 3.16. The Morgan fingerprint density at radius 2 is 2.38 bits per heavy atom. The third-order valence-corrected chi connectivity index (χ3v) is 4.39. The van der Waals surface area contributed by atoms with Gasteiger partial charge >= 0.3 is 0 Å². The minimum absolute atomic E-state index is 0.162. The summed E-state index contributed by atoms with van der Waals surface area (Å²) in [7, 11) is 0. The van der Waals surface area contributed by atoms with E-state index in [1.165, 1.54) is 11.3 Å². The minimum Gasteiger partial charge on any atom is -0.382 e. The highest BCUT2D eigenvalue weighted by Gasteiger charge is 2.22. The first-order valence-electron chi connectivity index (χ1n) is 7.92. The summed E-state index contributed by atoms with van der Waals surface area (Å²) in [4.78, 5) is 12.5. The van der Waals surface area contributed by atoms with E-state index in [1.807, 2.05) is 25.1 Å². The normalized spacial score (nSPS) is 25.4. The molecule has 2 heterocycles. The molecular formula is C17H24N2O2. The quantitative estimate of drug-likeness (QED) is 0.817. The second kappa shape index (κ2) is 6.16. The van der Waals surface area contributed by atoms with Crippen molar-refractivity contribution in [2.24, 2.45) is 0 Å². The molecule has 21 heavy (non-hydrogen) atoms. The molecule has 1 fully saturated rings. The van der Waals surface area contributed by atoms with Crippen LogP contribution in [0.1, 0.15) is 42.6 Å². The Labute approximate surface area is 126 Å². The molecule has 1 aromatic rings. The van der Waals surface area contributed by atoms with Crippen molar-refractivity contribution in [3.05, 3.63) is 29.3 Å². The molecule has 0 aromatic heterocycles. The number of ketones is 1. The lowest BCUT2D eigenvalue weighted by molar-refractivity contribution is 0.0902. The van der Waals surface area contributed by atoms with Crippen molar-refractivity contribution in [3.8, 4) is 0 Å². The number of fused-ring (bicyclic) bond motifs is 1. The van der Waals surface area contributed by atoms with E-state index in [-0.39, 0.29) is 17.9 Å². The summed E-state index contributed by atoms with van der Waals surface area (Å²) in [5, 5.41) is 6.72. The van der Waals surface area contributed by atoms with Gasteiger partial charge in [-0.1, -0.05) is 0 Å². The fraction of sp³-hybridized carbons (Fsp3) is 0.588. The molecule has 1 aromatic carbocycles. The Morgan fingerprint density at radius 3 is 3.14 bits per heavy atom.